The van der Waals surface area contributed by atoms with E-state index in [0.29, 0.717) is 19.0 Å². The molecule has 1 aliphatic heterocycles. The highest BCUT2D eigenvalue weighted by atomic mass is 32.2. The first-order chi connectivity index (χ1) is 9.45. The van der Waals surface area contributed by atoms with E-state index in [1.807, 2.05) is 0 Å². The Labute approximate surface area is 119 Å². The first-order valence-corrected chi connectivity index (χ1v) is 8.28. The minimum atomic E-state index is -3.60. The molecule has 20 heavy (non-hydrogen) atoms. The Morgan fingerprint density at radius 2 is 2.10 bits per heavy atom. The highest BCUT2D eigenvalue weighted by molar-refractivity contribution is 7.89. The number of benzene rings is 1. The zero-order valence-electron chi connectivity index (χ0n) is 11.5. The topological polar surface area (TPSA) is 57.6 Å². The van der Waals surface area contributed by atoms with Crippen molar-refractivity contribution in [2.24, 2.45) is 5.92 Å². The summed E-state index contributed by atoms with van der Waals surface area (Å²) in [6, 6.07) is 3.58. The molecule has 1 saturated heterocycles. The Kier molecular flexibility index (Phi) is 4.78. The number of hydrogen-bond acceptors (Lipinski definition) is 3. The molecule has 1 aliphatic rings. The van der Waals surface area contributed by atoms with E-state index < -0.39 is 22.4 Å². The van der Waals surface area contributed by atoms with Gasteiger partial charge in [0.25, 0.3) is 0 Å². The van der Waals surface area contributed by atoms with Crippen molar-refractivity contribution < 1.29 is 17.9 Å². The molecule has 1 unspecified atom stereocenters. The molecule has 1 aromatic carbocycles. The maximum absolute atomic E-state index is 13.3. The summed E-state index contributed by atoms with van der Waals surface area (Å²) in [5.41, 5.74) is 0.00858. The van der Waals surface area contributed by atoms with Gasteiger partial charge in [0.1, 0.15) is 5.82 Å². The molecule has 1 heterocycles. The van der Waals surface area contributed by atoms with E-state index in [-0.39, 0.29) is 10.5 Å². The molecular weight excluding hydrogens is 281 g/mol. The quantitative estimate of drug-likeness (QED) is 0.930. The third-order valence-corrected chi connectivity index (χ3v) is 5.70. The van der Waals surface area contributed by atoms with E-state index in [1.165, 1.54) is 16.4 Å². The molecule has 0 spiro atoms. The number of nitrogens with zero attached hydrogens (tertiary/aromatic N) is 1. The first kappa shape index (κ1) is 15.4. The second-order valence-corrected chi connectivity index (χ2v) is 7.29. The van der Waals surface area contributed by atoms with Gasteiger partial charge in [-0.2, -0.15) is 4.31 Å². The van der Waals surface area contributed by atoms with E-state index in [0.717, 1.165) is 25.3 Å². The van der Waals surface area contributed by atoms with Crippen LogP contribution >= 0.6 is 0 Å². The lowest BCUT2D eigenvalue weighted by Crippen LogP contribution is -2.32. The van der Waals surface area contributed by atoms with Crippen molar-refractivity contribution in [1.82, 2.24) is 4.31 Å². The fourth-order valence-corrected chi connectivity index (χ4v) is 4.00. The minimum absolute atomic E-state index is 0.00858. The highest BCUT2D eigenvalue weighted by Crippen LogP contribution is 2.24. The van der Waals surface area contributed by atoms with E-state index in [1.54, 1.807) is 0 Å². The largest absolute Gasteiger partial charge is 0.392 e. The van der Waals surface area contributed by atoms with Gasteiger partial charge in [-0.15, -0.1) is 0 Å². The molecule has 1 fully saturated rings. The Bertz CT molecular complexity index is 574. The van der Waals surface area contributed by atoms with Gasteiger partial charge in [0.2, 0.25) is 10.0 Å². The Morgan fingerprint density at radius 3 is 2.80 bits per heavy atom. The van der Waals surface area contributed by atoms with Crippen LogP contribution in [-0.4, -0.2) is 30.9 Å². The third kappa shape index (κ3) is 3.19. The molecule has 1 aromatic rings. The summed E-state index contributed by atoms with van der Waals surface area (Å²) >= 11 is 0. The molecule has 1 atom stereocenters. The maximum Gasteiger partial charge on any atom is 0.243 e. The predicted octanol–water partition coefficient (Wildman–Crippen LogP) is 2.13. The Balaban J connectivity index is 2.29. The molecule has 0 aliphatic carbocycles. The lowest BCUT2D eigenvalue weighted by molar-refractivity contribution is 0.275. The average Bonchev–Trinajstić information content (AvgIpc) is 2.64. The van der Waals surface area contributed by atoms with Gasteiger partial charge < -0.3 is 5.11 Å². The molecular formula is C14H20FNO3S. The minimum Gasteiger partial charge on any atom is -0.392 e. The third-order valence-electron chi connectivity index (χ3n) is 3.80. The lowest BCUT2D eigenvalue weighted by Gasteiger charge is -2.20. The van der Waals surface area contributed by atoms with Crippen molar-refractivity contribution in [3.05, 3.63) is 29.6 Å². The summed E-state index contributed by atoms with van der Waals surface area (Å²) in [7, 11) is -3.60. The summed E-state index contributed by atoms with van der Waals surface area (Å²) < 4.78 is 39.9. The summed E-state index contributed by atoms with van der Waals surface area (Å²) in [4.78, 5) is 0.0532. The average molecular weight is 301 g/mol. The monoisotopic (exact) mass is 301 g/mol. The smallest absolute Gasteiger partial charge is 0.243 e. The first-order valence-electron chi connectivity index (χ1n) is 6.84. The second kappa shape index (κ2) is 6.20. The number of sulfonamides is 1. The molecule has 6 heteroatoms. The molecule has 1 N–H and O–H groups in total. The van der Waals surface area contributed by atoms with Crippen molar-refractivity contribution in [1.29, 1.82) is 0 Å². The number of aliphatic hydroxyl groups excluding tert-OH is 1. The summed E-state index contributed by atoms with van der Waals surface area (Å²) in [5, 5.41) is 9.05. The van der Waals surface area contributed by atoms with Crippen molar-refractivity contribution in [2.75, 3.05) is 13.1 Å². The van der Waals surface area contributed by atoms with Crippen molar-refractivity contribution >= 4 is 10.0 Å². The molecule has 0 aromatic heterocycles. The van der Waals surface area contributed by atoms with Crippen LogP contribution in [-0.2, 0) is 16.6 Å². The van der Waals surface area contributed by atoms with Crippen molar-refractivity contribution in [3.8, 4) is 0 Å². The molecule has 4 nitrogen and oxygen atoms in total. The SMILES string of the molecule is CC1CCCN(S(=O)(=O)c2ccc(F)c(CO)c2)CC1. The predicted molar refractivity (Wildman–Crippen MR) is 74.1 cm³/mol. The van der Waals surface area contributed by atoms with Crippen LogP contribution in [0.15, 0.2) is 23.1 Å². The molecule has 0 bridgehead atoms. The number of hydrogen-bond donors (Lipinski definition) is 1. The highest BCUT2D eigenvalue weighted by Gasteiger charge is 2.27. The maximum atomic E-state index is 13.3. The molecule has 0 amide bonds. The number of aliphatic hydroxyl groups is 1. The Hall–Kier alpha value is -0.980. The fourth-order valence-electron chi connectivity index (χ4n) is 2.46. The Morgan fingerprint density at radius 1 is 1.35 bits per heavy atom. The van der Waals surface area contributed by atoms with Crippen LogP contribution < -0.4 is 0 Å². The summed E-state index contributed by atoms with van der Waals surface area (Å²) in [5.74, 6) is -0.0626. The lowest BCUT2D eigenvalue weighted by atomic mass is 10.0. The van der Waals surface area contributed by atoms with Crippen LogP contribution in [0, 0.1) is 11.7 Å². The van der Waals surface area contributed by atoms with Crippen LogP contribution in [0.4, 0.5) is 4.39 Å². The summed E-state index contributed by atoms with van der Waals surface area (Å²) in [6.07, 6.45) is 2.71. The normalized spacial score (nSPS) is 21.6. The van der Waals surface area contributed by atoms with E-state index >= 15 is 0 Å². The van der Waals surface area contributed by atoms with Crippen LogP contribution in [0.25, 0.3) is 0 Å². The van der Waals surface area contributed by atoms with Crippen LogP contribution in [0.2, 0.25) is 0 Å². The van der Waals surface area contributed by atoms with Gasteiger partial charge >= 0.3 is 0 Å². The van der Waals surface area contributed by atoms with Gasteiger partial charge in [-0.3, -0.25) is 0 Å². The fraction of sp³-hybridized carbons (Fsp3) is 0.571. The zero-order chi connectivity index (χ0) is 14.8. The van der Waals surface area contributed by atoms with Gasteiger partial charge in [-0.25, -0.2) is 12.8 Å². The van der Waals surface area contributed by atoms with Crippen LogP contribution in [0.1, 0.15) is 31.7 Å². The molecule has 2 rings (SSSR count). The van der Waals surface area contributed by atoms with Gasteiger partial charge in [-0.05, 0) is 43.4 Å². The van der Waals surface area contributed by atoms with Gasteiger partial charge in [0.05, 0.1) is 11.5 Å². The van der Waals surface area contributed by atoms with E-state index in [2.05, 4.69) is 6.92 Å². The summed E-state index contributed by atoms with van der Waals surface area (Å²) in [6.45, 7) is 2.61. The number of halogens is 1. The standard InChI is InChI=1S/C14H20FNO3S/c1-11-3-2-7-16(8-6-11)20(18,19)13-4-5-14(15)12(9-13)10-17/h4-5,9,11,17H,2-3,6-8,10H2,1H3. The molecule has 0 saturated carbocycles. The molecule has 0 radical (unpaired) electrons. The zero-order valence-corrected chi connectivity index (χ0v) is 12.4. The van der Waals surface area contributed by atoms with Crippen LogP contribution in [0.5, 0.6) is 0 Å². The van der Waals surface area contributed by atoms with Crippen molar-refractivity contribution in [3.63, 3.8) is 0 Å². The van der Waals surface area contributed by atoms with Crippen molar-refractivity contribution in [2.45, 2.75) is 37.7 Å². The van der Waals surface area contributed by atoms with Gasteiger partial charge in [0.15, 0.2) is 0 Å². The van der Waals surface area contributed by atoms with Gasteiger partial charge in [-0.1, -0.05) is 6.92 Å². The van der Waals surface area contributed by atoms with E-state index in [4.69, 9.17) is 5.11 Å². The van der Waals surface area contributed by atoms with E-state index in [9.17, 15) is 12.8 Å². The number of rotatable bonds is 3. The van der Waals surface area contributed by atoms with Crippen LogP contribution in [0.3, 0.4) is 0 Å². The second-order valence-electron chi connectivity index (χ2n) is 5.35. The van der Waals surface area contributed by atoms with Gasteiger partial charge in [0, 0.05) is 18.7 Å². The molecule has 112 valence electrons.